The van der Waals surface area contributed by atoms with E-state index >= 15 is 0 Å². The summed E-state index contributed by atoms with van der Waals surface area (Å²) in [6.07, 6.45) is 0. The lowest BCUT2D eigenvalue weighted by Crippen LogP contribution is -1.95. The molecule has 10 rings (SSSR count). The van der Waals surface area contributed by atoms with E-state index in [1.165, 1.54) is 76.5 Å². The zero-order chi connectivity index (χ0) is 30.2. The van der Waals surface area contributed by atoms with Crippen molar-refractivity contribution in [3.8, 4) is 22.5 Å². The predicted molar refractivity (Wildman–Crippen MR) is 193 cm³/mol. The topological polar surface area (TPSA) is 9.86 Å². The van der Waals surface area contributed by atoms with Gasteiger partial charge < -0.3 is 9.13 Å². The smallest absolute Gasteiger partial charge is 0.105 e. The molecule has 46 heavy (non-hydrogen) atoms. The van der Waals surface area contributed by atoms with Gasteiger partial charge in [-0.1, -0.05) is 109 Å². The van der Waals surface area contributed by atoms with Gasteiger partial charge in [-0.2, -0.15) is 0 Å². The molecule has 0 aliphatic rings. The lowest BCUT2D eigenvalue weighted by atomic mass is 10.0. The zero-order valence-electron chi connectivity index (χ0n) is 24.9. The fraction of sp³-hybridized carbons (Fsp3) is 0. The summed E-state index contributed by atoms with van der Waals surface area (Å²) in [5.74, 6) is 0. The molecule has 0 saturated carbocycles. The fourth-order valence-electron chi connectivity index (χ4n) is 7.49. The van der Waals surface area contributed by atoms with Crippen molar-refractivity contribution in [2.24, 2.45) is 0 Å². The molecule has 0 aliphatic heterocycles. The Hall–Kier alpha value is -6.30. The van der Waals surface area contributed by atoms with Crippen molar-refractivity contribution in [2.45, 2.75) is 0 Å². The number of hydrogen-bond donors (Lipinski definition) is 0. The summed E-state index contributed by atoms with van der Waals surface area (Å²) in [5.41, 5.74) is 9.39. The van der Waals surface area contributed by atoms with Gasteiger partial charge in [0, 0.05) is 32.3 Å². The van der Waals surface area contributed by atoms with Gasteiger partial charge in [0.15, 0.2) is 0 Å². The van der Waals surface area contributed by atoms with Crippen LogP contribution in [0.5, 0.6) is 0 Å². The Labute approximate surface area is 266 Å². The predicted octanol–water partition coefficient (Wildman–Crippen LogP) is 11.5. The molecule has 0 atom stereocenters. The van der Waals surface area contributed by atoms with E-state index in [9.17, 15) is 0 Å². The number of benzene rings is 7. The molecule has 0 bridgehead atoms. The molecule has 0 unspecified atom stereocenters. The Balaban J connectivity index is 1.20. The van der Waals surface area contributed by atoms with Gasteiger partial charge in [0.2, 0.25) is 0 Å². The van der Waals surface area contributed by atoms with Crippen molar-refractivity contribution < 1.29 is 0 Å². The summed E-state index contributed by atoms with van der Waals surface area (Å²) in [6.45, 7) is 0. The van der Waals surface area contributed by atoms with Crippen molar-refractivity contribution in [1.29, 1.82) is 0 Å². The van der Waals surface area contributed by atoms with Gasteiger partial charge in [-0.15, -0.1) is 0 Å². The third kappa shape index (κ3) is 3.54. The standard InChI is InChI=1S/C44H26N2/c1-3-15-33-29(11-1)13-9-21-39(33)45-41-19-7-5-17-35(41)37-27-31(23-25-43(37)45)32-24-26-44-38(28-32)36-18-6-8-20-42(36)46(44)40-22-10-14-30-12-2-4-16-34(30)40/h1-7,9-19,21-28H. The van der Waals surface area contributed by atoms with E-state index in [0.29, 0.717) is 0 Å². The van der Waals surface area contributed by atoms with Gasteiger partial charge in [-0.3, -0.25) is 0 Å². The van der Waals surface area contributed by atoms with Crippen molar-refractivity contribution >= 4 is 65.2 Å². The van der Waals surface area contributed by atoms with Crippen LogP contribution < -0.4 is 0 Å². The second-order valence-corrected chi connectivity index (χ2v) is 12.0. The van der Waals surface area contributed by atoms with Crippen molar-refractivity contribution in [3.63, 3.8) is 0 Å². The van der Waals surface area contributed by atoms with Crippen LogP contribution in [0, 0.1) is 12.1 Å². The Morgan fingerprint density at radius 2 is 0.891 bits per heavy atom. The molecule has 0 N–H and O–H groups in total. The zero-order valence-corrected chi connectivity index (χ0v) is 24.9. The Bertz CT molecular complexity index is 2610. The highest BCUT2D eigenvalue weighted by atomic mass is 15.0. The van der Waals surface area contributed by atoms with Crippen LogP contribution in [0.1, 0.15) is 0 Å². The second-order valence-electron chi connectivity index (χ2n) is 12.0. The quantitative estimate of drug-likeness (QED) is 0.196. The molecule has 0 saturated heterocycles. The first-order valence-corrected chi connectivity index (χ1v) is 15.7. The molecule has 0 spiro atoms. The van der Waals surface area contributed by atoms with Gasteiger partial charge in [0.05, 0.1) is 27.9 Å². The van der Waals surface area contributed by atoms with Crippen molar-refractivity contribution in [2.75, 3.05) is 0 Å². The minimum absolute atomic E-state index is 1.04. The summed E-state index contributed by atoms with van der Waals surface area (Å²) < 4.78 is 4.76. The number of aromatic nitrogens is 2. The first-order valence-electron chi connectivity index (χ1n) is 15.7. The number of hydrogen-bond acceptors (Lipinski definition) is 0. The van der Waals surface area contributed by atoms with Gasteiger partial charge >= 0.3 is 0 Å². The normalized spacial score (nSPS) is 11.7. The van der Waals surface area contributed by atoms with E-state index in [4.69, 9.17) is 0 Å². The van der Waals surface area contributed by atoms with Crippen LogP contribution in [-0.2, 0) is 0 Å². The van der Waals surface area contributed by atoms with Crippen LogP contribution in [0.3, 0.4) is 0 Å². The first kappa shape index (κ1) is 25.1. The van der Waals surface area contributed by atoms with Gasteiger partial charge in [0.25, 0.3) is 0 Å². The summed E-state index contributed by atoms with van der Waals surface area (Å²) in [4.78, 5) is 0. The molecule has 0 aliphatic carbocycles. The summed E-state index contributed by atoms with van der Waals surface area (Å²) >= 11 is 0. The minimum Gasteiger partial charge on any atom is -0.309 e. The highest BCUT2D eigenvalue weighted by Gasteiger charge is 2.17. The van der Waals surface area contributed by atoms with Gasteiger partial charge in [-0.25, -0.2) is 0 Å². The summed E-state index contributed by atoms with van der Waals surface area (Å²) in [7, 11) is 0. The average molecular weight is 583 g/mol. The monoisotopic (exact) mass is 582 g/mol. The number of fused-ring (bicyclic) bond motifs is 8. The third-order valence-electron chi connectivity index (χ3n) is 9.55. The molecule has 0 radical (unpaired) electrons. The van der Waals surface area contributed by atoms with E-state index < -0.39 is 0 Å². The average Bonchev–Trinajstić information content (AvgIpc) is 3.63. The Morgan fingerprint density at radius 3 is 1.59 bits per heavy atom. The Morgan fingerprint density at radius 1 is 0.370 bits per heavy atom. The van der Waals surface area contributed by atoms with Crippen molar-refractivity contribution in [3.05, 3.63) is 170 Å². The molecule has 0 fully saturated rings. The van der Waals surface area contributed by atoms with E-state index in [-0.39, 0.29) is 0 Å². The number of rotatable bonds is 3. The maximum Gasteiger partial charge on any atom is 0.105 e. The van der Waals surface area contributed by atoms with E-state index in [0.717, 1.165) is 11.2 Å². The van der Waals surface area contributed by atoms with E-state index in [2.05, 4.69) is 173 Å². The second kappa shape index (κ2) is 9.60. The molecule has 2 heteroatoms. The lowest BCUT2D eigenvalue weighted by Gasteiger charge is -2.12. The largest absolute Gasteiger partial charge is 0.309 e. The highest BCUT2D eigenvalue weighted by molar-refractivity contribution is 6.13. The van der Waals surface area contributed by atoms with Crippen LogP contribution in [0.2, 0.25) is 0 Å². The van der Waals surface area contributed by atoms with Crippen LogP contribution in [0.4, 0.5) is 0 Å². The molecule has 10 aromatic rings. The highest BCUT2D eigenvalue weighted by Crippen LogP contribution is 2.39. The molecule has 2 heterocycles. The van der Waals surface area contributed by atoms with Crippen LogP contribution >= 0.6 is 0 Å². The summed E-state index contributed by atoms with van der Waals surface area (Å²) in [6, 6.07) is 63.7. The molecule has 2 aromatic heterocycles. The molecular weight excluding hydrogens is 556 g/mol. The van der Waals surface area contributed by atoms with E-state index in [1.807, 2.05) is 6.07 Å². The number of para-hydroxylation sites is 1. The van der Waals surface area contributed by atoms with Crippen LogP contribution in [-0.4, -0.2) is 9.13 Å². The molecular formula is C44H26N2. The van der Waals surface area contributed by atoms with Gasteiger partial charge in [-0.05, 0) is 82.6 Å². The summed E-state index contributed by atoms with van der Waals surface area (Å²) in [5, 5.41) is 9.84. The van der Waals surface area contributed by atoms with Crippen molar-refractivity contribution in [1.82, 2.24) is 9.13 Å². The van der Waals surface area contributed by atoms with Crippen LogP contribution in [0.25, 0.3) is 87.7 Å². The SMILES string of the molecule is c1ccc2c3cc(-c4ccc5c(c4)c4ccccc4n5-c4cccc5ccccc45)ccc3n(-c3cccc4ccccc34)c2c#1. The number of nitrogens with zero attached hydrogens (tertiary/aromatic N) is 2. The maximum absolute atomic E-state index is 3.44. The Kier molecular flexibility index (Phi) is 5.23. The van der Waals surface area contributed by atoms with Crippen LogP contribution in [0.15, 0.2) is 158 Å². The van der Waals surface area contributed by atoms with E-state index in [1.54, 1.807) is 0 Å². The maximum atomic E-state index is 3.44. The molecule has 2 nitrogen and oxygen atoms in total. The molecule has 0 amide bonds. The molecule has 212 valence electrons. The lowest BCUT2D eigenvalue weighted by molar-refractivity contribution is 1.20. The van der Waals surface area contributed by atoms with Gasteiger partial charge in [0.1, 0.15) is 5.52 Å². The molecule has 8 aromatic carbocycles. The third-order valence-corrected chi connectivity index (χ3v) is 9.55. The fourth-order valence-corrected chi connectivity index (χ4v) is 7.49. The first-order chi connectivity index (χ1) is 22.8. The minimum atomic E-state index is 1.04.